The highest BCUT2D eigenvalue weighted by Crippen LogP contribution is 2.54. The van der Waals surface area contributed by atoms with Crippen molar-refractivity contribution in [2.75, 3.05) is 4.90 Å². The van der Waals surface area contributed by atoms with E-state index in [0.717, 1.165) is 73.3 Å². The zero-order chi connectivity index (χ0) is 41.4. The molecule has 0 aliphatic heterocycles. The SMILES string of the molecule is CC1(C)CC(C)(C)c2cc3c(cc21)oc1cccc(-c2cccc(-c4ccccc4N(c4ccc5c(c4)C(C)(C)c4ccccc4-5)c4ccc5c(c4)oc4ccccc45)c2)c13. The standard InChI is InChI=1S/C58H47NO2/c1-56(2)34-57(3,4)49-33-54-45(32-48(49)56)55-40(20-14-24-52(55)61-54)36-16-13-15-35(29-36)39-17-8-11-22-50(39)59(38-26-28-44-43-19-9-12-23-51(43)60-53(44)31-38)37-25-27-42-41-18-7-10-21-46(41)58(5,6)47(42)30-37/h7-33H,34H2,1-6H3. The molecule has 2 aliphatic rings. The van der Waals surface area contributed by atoms with Gasteiger partial charge in [0.25, 0.3) is 0 Å². The molecule has 10 aromatic rings. The molecule has 0 spiro atoms. The lowest BCUT2D eigenvalue weighted by Gasteiger charge is -2.30. The third-order valence-corrected chi connectivity index (χ3v) is 14.1. The van der Waals surface area contributed by atoms with Crippen molar-refractivity contribution in [1.29, 1.82) is 0 Å². The largest absolute Gasteiger partial charge is 0.456 e. The monoisotopic (exact) mass is 789 g/mol. The second kappa shape index (κ2) is 12.6. The maximum atomic E-state index is 6.67. The fraction of sp³-hybridized carbons (Fsp3) is 0.172. The van der Waals surface area contributed by atoms with E-state index < -0.39 is 0 Å². The fourth-order valence-electron chi connectivity index (χ4n) is 11.4. The average Bonchev–Trinajstić information content (AvgIpc) is 3.94. The van der Waals surface area contributed by atoms with Crippen LogP contribution in [0, 0.1) is 0 Å². The number of nitrogens with zero attached hydrogens (tertiary/aromatic N) is 1. The molecule has 0 saturated carbocycles. The van der Waals surface area contributed by atoms with Gasteiger partial charge in [-0.15, -0.1) is 0 Å². The van der Waals surface area contributed by atoms with Gasteiger partial charge in [0.2, 0.25) is 0 Å². The summed E-state index contributed by atoms with van der Waals surface area (Å²) in [4.78, 5) is 2.42. The second-order valence-electron chi connectivity index (χ2n) is 19.2. The Balaban J connectivity index is 1.04. The maximum Gasteiger partial charge on any atom is 0.137 e. The Kier molecular flexibility index (Phi) is 7.44. The fourth-order valence-corrected chi connectivity index (χ4v) is 11.4. The normalized spacial score (nSPS) is 15.7. The van der Waals surface area contributed by atoms with Crippen molar-refractivity contribution in [3.8, 4) is 33.4 Å². The van der Waals surface area contributed by atoms with Crippen LogP contribution in [-0.4, -0.2) is 0 Å². The van der Waals surface area contributed by atoms with E-state index in [4.69, 9.17) is 8.83 Å². The molecule has 2 heterocycles. The summed E-state index contributed by atoms with van der Waals surface area (Å²) in [6, 6.07) is 60.0. The molecule has 0 fully saturated rings. The molecule has 0 unspecified atom stereocenters. The number of hydrogen-bond donors (Lipinski definition) is 0. The topological polar surface area (TPSA) is 29.5 Å². The Labute approximate surface area is 356 Å². The molecule has 0 atom stereocenters. The molecule has 0 saturated heterocycles. The molecule has 61 heavy (non-hydrogen) atoms. The van der Waals surface area contributed by atoms with E-state index in [-0.39, 0.29) is 16.2 Å². The molecular formula is C58H47NO2. The van der Waals surface area contributed by atoms with E-state index in [2.05, 4.69) is 204 Å². The molecular weight excluding hydrogens is 743 g/mol. The minimum atomic E-state index is -0.144. The predicted molar refractivity (Wildman–Crippen MR) is 255 cm³/mol. The molecule has 0 N–H and O–H groups in total. The zero-order valence-electron chi connectivity index (χ0n) is 35.6. The molecule has 3 nitrogen and oxygen atoms in total. The lowest BCUT2D eigenvalue weighted by molar-refractivity contribution is 0.403. The Bertz CT molecular complexity index is 3440. The Morgan fingerprint density at radius 3 is 1.84 bits per heavy atom. The van der Waals surface area contributed by atoms with Crippen LogP contribution in [0.4, 0.5) is 17.1 Å². The third kappa shape index (κ3) is 5.29. The third-order valence-electron chi connectivity index (χ3n) is 14.1. The van der Waals surface area contributed by atoms with Gasteiger partial charge in [0.1, 0.15) is 22.3 Å². The van der Waals surface area contributed by atoms with Crippen molar-refractivity contribution in [3.05, 3.63) is 186 Å². The summed E-state index contributed by atoms with van der Waals surface area (Å²) in [6.45, 7) is 14.2. The summed E-state index contributed by atoms with van der Waals surface area (Å²) in [5.74, 6) is 0. The highest BCUT2D eigenvalue weighted by Gasteiger charge is 2.42. The van der Waals surface area contributed by atoms with E-state index in [1.165, 1.54) is 49.7 Å². The average molecular weight is 790 g/mol. The smallest absolute Gasteiger partial charge is 0.137 e. The first kappa shape index (κ1) is 36.0. The lowest BCUT2D eigenvalue weighted by atomic mass is 9.82. The molecule has 0 amide bonds. The van der Waals surface area contributed by atoms with E-state index in [1.54, 1.807) is 0 Å². The quantitative estimate of drug-likeness (QED) is 0.174. The van der Waals surface area contributed by atoms with Crippen LogP contribution in [0.15, 0.2) is 173 Å². The minimum Gasteiger partial charge on any atom is -0.456 e. The van der Waals surface area contributed by atoms with Gasteiger partial charge < -0.3 is 13.7 Å². The van der Waals surface area contributed by atoms with Crippen molar-refractivity contribution in [3.63, 3.8) is 0 Å². The van der Waals surface area contributed by atoms with Crippen LogP contribution in [0.25, 0.3) is 77.3 Å². The molecule has 2 aliphatic carbocycles. The predicted octanol–water partition coefficient (Wildman–Crippen LogP) is 16.6. The van der Waals surface area contributed by atoms with Crippen LogP contribution in [-0.2, 0) is 16.2 Å². The van der Waals surface area contributed by atoms with Crippen molar-refractivity contribution in [2.45, 2.75) is 64.2 Å². The van der Waals surface area contributed by atoms with Crippen LogP contribution in [0.3, 0.4) is 0 Å². The minimum absolute atomic E-state index is 0.0918. The highest BCUT2D eigenvalue weighted by atomic mass is 16.3. The summed E-state index contributed by atoms with van der Waals surface area (Å²) in [6.07, 6.45) is 1.12. The van der Waals surface area contributed by atoms with Gasteiger partial charge in [-0.25, -0.2) is 0 Å². The molecule has 2 aromatic heterocycles. The number of benzene rings is 8. The van der Waals surface area contributed by atoms with E-state index in [0.29, 0.717) is 0 Å². The van der Waals surface area contributed by atoms with E-state index in [1.807, 2.05) is 6.07 Å². The first-order chi connectivity index (χ1) is 29.5. The summed E-state index contributed by atoms with van der Waals surface area (Å²) < 4.78 is 13.2. The Morgan fingerprint density at radius 1 is 0.393 bits per heavy atom. The molecule has 8 aromatic carbocycles. The number of fused-ring (bicyclic) bond motifs is 10. The number of hydrogen-bond acceptors (Lipinski definition) is 3. The van der Waals surface area contributed by atoms with Crippen LogP contribution in [0.5, 0.6) is 0 Å². The van der Waals surface area contributed by atoms with Crippen molar-refractivity contribution >= 4 is 60.9 Å². The maximum absolute atomic E-state index is 6.67. The first-order valence-electron chi connectivity index (χ1n) is 21.6. The highest BCUT2D eigenvalue weighted by molar-refractivity contribution is 6.13. The van der Waals surface area contributed by atoms with Crippen LogP contribution >= 0.6 is 0 Å². The van der Waals surface area contributed by atoms with Gasteiger partial charge >= 0.3 is 0 Å². The van der Waals surface area contributed by atoms with Gasteiger partial charge in [-0.05, 0) is 128 Å². The van der Waals surface area contributed by atoms with Crippen LogP contribution in [0.2, 0.25) is 0 Å². The Hall–Kier alpha value is -6.84. The molecule has 3 heteroatoms. The van der Waals surface area contributed by atoms with Crippen LogP contribution in [0.1, 0.15) is 70.2 Å². The number of furan rings is 2. The van der Waals surface area contributed by atoms with Gasteiger partial charge in [-0.3, -0.25) is 0 Å². The van der Waals surface area contributed by atoms with Crippen molar-refractivity contribution in [1.82, 2.24) is 0 Å². The lowest BCUT2D eigenvalue weighted by Crippen LogP contribution is -2.17. The summed E-state index contributed by atoms with van der Waals surface area (Å²) in [5.41, 5.74) is 19.7. The van der Waals surface area contributed by atoms with Gasteiger partial charge in [-0.2, -0.15) is 0 Å². The zero-order valence-corrected chi connectivity index (χ0v) is 35.6. The van der Waals surface area contributed by atoms with Gasteiger partial charge in [0.05, 0.1) is 5.69 Å². The van der Waals surface area contributed by atoms with E-state index >= 15 is 0 Å². The van der Waals surface area contributed by atoms with Gasteiger partial charge in [0, 0.05) is 50.0 Å². The first-order valence-corrected chi connectivity index (χ1v) is 21.6. The summed E-state index contributed by atoms with van der Waals surface area (Å²) in [5, 5.41) is 4.61. The number of para-hydroxylation sites is 2. The van der Waals surface area contributed by atoms with Gasteiger partial charge in [0.15, 0.2) is 0 Å². The number of rotatable bonds is 5. The number of anilines is 3. The molecule has 0 radical (unpaired) electrons. The molecule has 296 valence electrons. The van der Waals surface area contributed by atoms with Crippen molar-refractivity contribution in [2.24, 2.45) is 0 Å². The molecule has 0 bridgehead atoms. The summed E-state index contributed by atoms with van der Waals surface area (Å²) in [7, 11) is 0. The van der Waals surface area contributed by atoms with E-state index in [9.17, 15) is 0 Å². The van der Waals surface area contributed by atoms with Gasteiger partial charge in [-0.1, -0.05) is 139 Å². The second-order valence-corrected chi connectivity index (χ2v) is 19.2. The summed E-state index contributed by atoms with van der Waals surface area (Å²) >= 11 is 0. The van der Waals surface area contributed by atoms with Crippen LogP contribution < -0.4 is 4.90 Å². The Morgan fingerprint density at radius 2 is 0.984 bits per heavy atom. The molecule has 12 rings (SSSR count). The van der Waals surface area contributed by atoms with Crippen molar-refractivity contribution < 1.29 is 8.83 Å².